The zero-order valence-corrected chi connectivity index (χ0v) is 12.5. The Hall–Kier alpha value is -1.15. The second kappa shape index (κ2) is 5.46. The Morgan fingerprint density at radius 1 is 1.53 bits per heavy atom. The molecule has 8 heteroatoms. The van der Waals surface area contributed by atoms with Crippen LogP contribution in [0, 0.1) is 0 Å². The van der Waals surface area contributed by atoms with E-state index in [1.54, 1.807) is 28.8 Å². The van der Waals surface area contributed by atoms with Gasteiger partial charge in [0.15, 0.2) is 9.84 Å². The lowest BCUT2D eigenvalue weighted by molar-refractivity contribution is 0.400. The van der Waals surface area contributed by atoms with Gasteiger partial charge in [0.2, 0.25) is 5.88 Å². The Labute approximate surface area is 117 Å². The summed E-state index contributed by atoms with van der Waals surface area (Å²) < 4.78 is 28.8. The van der Waals surface area contributed by atoms with E-state index in [1.165, 1.54) is 13.4 Å². The number of ether oxygens (including phenoxy) is 1. The van der Waals surface area contributed by atoms with Crippen LogP contribution < -0.4 is 15.4 Å². The van der Waals surface area contributed by atoms with Crippen molar-refractivity contribution in [2.24, 2.45) is 0 Å². The van der Waals surface area contributed by atoms with Gasteiger partial charge >= 0.3 is 0 Å². The highest BCUT2D eigenvalue weighted by atomic mass is 32.2. The predicted octanol–water partition coefficient (Wildman–Crippen LogP) is 0.596. The van der Waals surface area contributed by atoms with Gasteiger partial charge in [-0.15, -0.1) is 0 Å². The molecule has 1 aliphatic rings. The summed E-state index contributed by atoms with van der Waals surface area (Å²) in [5.41, 5.74) is 6.16. The van der Waals surface area contributed by atoms with E-state index in [9.17, 15) is 8.42 Å². The number of rotatable bonds is 3. The fraction of sp³-hybridized carbons (Fsp3) is 0.545. The third-order valence-corrected chi connectivity index (χ3v) is 5.58. The van der Waals surface area contributed by atoms with E-state index in [0.717, 1.165) is 5.75 Å². The van der Waals surface area contributed by atoms with Gasteiger partial charge in [-0.3, -0.25) is 0 Å². The molecule has 0 aliphatic carbocycles. The molecule has 2 rings (SSSR count). The van der Waals surface area contributed by atoms with E-state index in [-0.39, 0.29) is 0 Å². The molecule has 0 amide bonds. The summed E-state index contributed by atoms with van der Waals surface area (Å²) in [5, 5.41) is -0.549. The lowest BCUT2D eigenvalue weighted by Crippen LogP contribution is -2.47. The molecular weight excluding hydrogens is 286 g/mol. The number of methoxy groups -OCH3 is 1. The summed E-state index contributed by atoms with van der Waals surface area (Å²) in [5.74, 6) is 2.33. The first-order chi connectivity index (χ1) is 8.93. The van der Waals surface area contributed by atoms with Gasteiger partial charge in [0.25, 0.3) is 0 Å². The summed E-state index contributed by atoms with van der Waals surface area (Å²) in [7, 11) is -1.67. The molecule has 0 bridgehead atoms. The largest absolute Gasteiger partial charge is 0.479 e. The lowest BCUT2D eigenvalue weighted by Gasteiger charge is -2.35. The van der Waals surface area contributed by atoms with Crippen molar-refractivity contribution in [2.75, 3.05) is 42.0 Å². The molecule has 1 saturated heterocycles. The molecule has 0 saturated carbocycles. The summed E-state index contributed by atoms with van der Waals surface area (Å²) in [6.45, 7) is 0.641. The van der Waals surface area contributed by atoms with Gasteiger partial charge in [0.1, 0.15) is 11.2 Å². The molecule has 1 aromatic rings. The van der Waals surface area contributed by atoms with E-state index in [0.29, 0.717) is 29.7 Å². The zero-order chi connectivity index (χ0) is 14.0. The number of anilines is 2. The highest BCUT2D eigenvalue weighted by Gasteiger charge is 2.32. The average molecular weight is 303 g/mol. The quantitative estimate of drug-likeness (QED) is 0.875. The molecule has 1 unspecified atom stereocenters. The van der Waals surface area contributed by atoms with Crippen molar-refractivity contribution in [3.05, 3.63) is 12.1 Å². The van der Waals surface area contributed by atoms with Gasteiger partial charge < -0.3 is 15.4 Å². The van der Waals surface area contributed by atoms with Crippen molar-refractivity contribution in [3.63, 3.8) is 0 Å². The van der Waals surface area contributed by atoms with Crippen molar-refractivity contribution in [2.45, 2.75) is 5.37 Å². The molecule has 1 aliphatic heterocycles. The van der Waals surface area contributed by atoms with Crippen LogP contribution in [0.15, 0.2) is 12.1 Å². The Kier molecular flexibility index (Phi) is 4.10. The van der Waals surface area contributed by atoms with Gasteiger partial charge in [-0.1, -0.05) is 0 Å². The maximum atomic E-state index is 11.9. The van der Waals surface area contributed by atoms with Crippen LogP contribution >= 0.6 is 11.8 Å². The number of nitrogen functional groups attached to an aromatic ring is 1. The van der Waals surface area contributed by atoms with Crippen molar-refractivity contribution in [1.29, 1.82) is 0 Å². The second-order valence-electron chi connectivity index (χ2n) is 4.32. The van der Waals surface area contributed by atoms with E-state index in [2.05, 4.69) is 4.98 Å². The second-order valence-corrected chi connectivity index (χ2v) is 7.67. The van der Waals surface area contributed by atoms with Gasteiger partial charge in [-0.25, -0.2) is 8.42 Å². The first-order valence-electron chi connectivity index (χ1n) is 5.77. The molecule has 1 atom stereocenters. The average Bonchev–Trinajstić information content (AvgIpc) is 2.38. The molecule has 19 heavy (non-hydrogen) atoms. The Balaban J connectivity index is 2.38. The Morgan fingerprint density at radius 2 is 2.26 bits per heavy atom. The highest BCUT2D eigenvalue weighted by molar-refractivity contribution is 8.01. The van der Waals surface area contributed by atoms with Crippen LogP contribution in [-0.4, -0.2) is 50.2 Å². The predicted molar refractivity (Wildman–Crippen MR) is 78.5 cm³/mol. The van der Waals surface area contributed by atoms with Crippen LogP contribution in [-0.2, 0) is 9.84 Å². The van der Waals surface area contributed by atoms with Gasteiger partial charge in [-0.2, -0.15) is 16.7 Å². The van der Waals surface area contributed by atoms with Gasteiger partial charge in [0, 0.05) is 24.3 Å². The maximum absolute atomic E-state index is 11.9. The molecule has 1 fully saturated rings. The lowest BCUT2D eigenvalue weighted by atomic mass is 10.3. The van der Waals surface area contributed by atoms with Crippen molar-refractivity contribution >= 4 is 33.1 Å². The van der Waals surface area contributed by atoms with E-state index < -0.39 is 15.2 Å². The number of hydrogen-bond donors (Lipinski definition) is 1. The number of pyridine rings is 1. The molecule has 2 N–H and O–H groups in total. The third-order valence-electron chi connectivity index (χ3n) is 2.94. The number of nitrogens with zero attached hydrogens (tertiary/aromatic N) is 2. The molecular formula is C11H17N3O3S2. The smallest absolute Gasteiger partial charge is 0.238 e. The van der Waals surface area contributed by atoms with Gasteiger partial charge in [-0.05, 0) is 12.1 Å². The fourth-order valence-corrected chi connectivity index (χ4v) is 4.79. The van der Waals surface area contributed by atoms with Crippen LogP contribution in [0.1, 0.15) is 0 Å². The SMILES string of the molecule is COc1nc(N2CCSCC2S(C)(=O)=O)ccc1N. The van der Waals surface area contributed by atoms with Crippen LogP contribution in [0.4, 0.5) is 11.5 Å². The fourth-order valence-electron chi connectivity index (χ4n) is 1.96. The zero-order valence-electron chi connectivity index (χ0n) is 10.9. The normalized spacial score (nSPS) is 20.3. The number of aromatic nitrogens is 1. The highest BCUT2D eigenvalue weighted by Crippen LogP contribution is 2.28. The molecule has 2 heterocycles. The minimum atomic E-state index is -3.16. The molecule has 0 aromatic carbocycles. The van der Waals surface area contributed by atoms with Crippen LogP contribution in [0.25, 0.3) is 0 Å². The topological polar surface area (TPSA) is 85.5 Å². The molecule has 106 valence electrons. The van der Waals surface area contributed by atoms with Gasteiger partial charge in [0.05, 0.1) is 12.8 Å². The summed E-state index contributed by atoms with van der Waals surface area (Å²) in [6, 6.07) is 3.41. The Bertz CT molecular complexity index is 562. The standard InChI is InChI=1S/C11H17N3O3S2/c1-17-11-8(12)3-4-9(13-11)14-5-6-18-7-10(14)19(2,15)16/h3-4,10H,5-7,12H2,1-2H3. The van der Waals surface area contributed by atoms with E-state index in [4.69, 9.17) is 10.5 Å². The monoisotopic (exact) mass is 303 g/mol. The number of sulfone groups is 1. The summed E-state index contributed by atoms with van der Waals surface area (Å²) in [6.07, 6.45) is 1.26. The third kappa shape index (κ3) is 3.06. The molecule has 0 spiro atoms. The van der Waals surface area contributed by atoms with Crippen LogP contribution in [0.5, 0.6) is 5.88 Å². The number of hydrogen-bond acceptors (Lipinski definition) is 7. The number of nitrogens with two attached hydrogens (primary N) is 1. The number of thioether (sulfide) groups is 1. The van der Waals surface area contributed by atoms with Crippen molar-refractivity contribution in [1.82, 2.24) is 4.98 Å². The molecule has 0 radical (unpaired) electrons. The summed E-state index contributed by atoms with van der Waals surface area (Å²) >= 11 is 1.64. The first kappa shape index (κ1) is 14.3. The van der Waals surface area contributed by atoms with E-state index >= 15 is 0 Å². The minimum absolute atomic E-state index is 0.322. The maximum Gasteiger partial charge on any atom is 0.238 e. The van der Waals surface area contributed by atoms with Crippen LogP contribution in [0.2, 0.25) is 0 Å². The first-order valence-corrected chi connectivity index (χ1v) is 8.88. The molecule has 6 nitrogen and oxygen atoms in total. The minimum Gasteiger partial charge on any atom is -0.479 e. The molecule has 1 aromatic heterocycles. The van der Waals surface area contributed by atoms with Crippen molar-refractivity contribution < 1.29 is 13.2 Å². The summed E-state index contributed by atoms with van der Waals surface area (Å²) in [4.78, 5) is 6.08. The van der Waals surface area contributed by atoms with Crippen LogP contribution in [0.3, 0.4) is 0 Å². The van der Waals surface area contributed by atoms with E-state index in [1.807, 2.05) is 0 Å². The van der Waals surface area contributed by atoms with Crippen molar-refractivity contribution in [3.8, 4) is 5.88 Å². The Morgan fingerprint density at radius 3 is 2.89 bits per heavy atom.